The van der Waals surface area contributed by atoms with Crippen LogP contribution in [0.5, 0.6) is 0 Å². The lowest BCUT2D eigenvalue weighted by atomic mass is 10.2. The Kier molecular flexibility index (Phi) is 3.81. The first-order valence-corrected chi connectivity index (χ1v) is 5.98. The van der Waals surface area contributed by atoms with Crippen molar-refractivity contribution in [1.29, 1.82) is 0 Å². The lowest BCUT2D eigenvalue weighted by molar-refractivity contribution is 0.0661. The molecule has 0 aliphatic carbocycles. The largest absolute Gasteiger partial charge is 0.475 e. The maximum atomic E-state index is 10.7. The standard InChI is InChI=1S/C12H18N2O3/c1-9-10(7-11(17-9)12(15)16)8-13-14-5-3-2-4-6-14/h7,13H,2-6,8H2,1H3,(H,15,16). The molecule has 1 aliphatic rings. The van der Waals surface area contributed by atoms with Gasteiger partial charge in [-0.15, -0.1) is 0 Å². The van der Waals surface area contributed by atoms with Gasteiger partial charge in [0, 0.05) is 25.2 Å². The molecule has 17 heavy (non-hydrogen) atoms. The van der Waals surface area contributed by atoms with E-state index in [-0.39, 0.29) is 5.76 Å². The first kappa shape index (κ1) is 12.1. The number of hydrogen-bond donors (Lipinski definition) is 2. The average Bonchev–Trinajstić information content (AvgIpc) is 2.70. The molecule has 5 heteroatoms. The van der Waals surface area contributed by atoms with Crippen LogP contribution in [0, 0.1) is 6.92 Å². The van der Waals surface area contributed by atoms with Crippen LogP contribution in [0.3, 0.4) is 0 Å². The minimum atomic E-state index is -1.02. The van der Waals surface area contributed by atoms with Crippen LogP contribution in [-0.4, -0.2) is 29.2 Å². The van der Waals surface area contributed by atoms with Gasteiger partial charge in [0.25, 0.3) is 0 Å². The molecule has 1 aromatic heterocycles. The molecule has 0 radical (unpaired) electrons. The number of nitrogens with zero attached hydrogens (tertiary/aromatic N) is 1. The number of carboxylic acids is 1. The van der Waals surface area contributed by atoms with E-state index in [1.807, 2.05) is 0 Å². The molecule has 94 valence electrons. The molecule has 0 saturated carbocycles. The fourth-order valence-corrected chi connectivity index (χ4v) is 2.05. The molecule has 2 N–H and O–H groups in total. The Balaban J connectivity index is 1.91. The van der Waals surface area contributed by atoms with Gasteiger partial charge in [-0.2, -0.15) is 0 Å². The predicted octanol–water partition coefficient (Wildman–Crippen LogP) is 1.78. The van der Waals surface area contributed by atoms with E-state index in [0.29, 0.717) is 12.3 Å². The van der Waals surface area contributed by atoms with Crippen molar-refractivity contribution in [2.75, 3.05) is 13.1 Å². The lowest BCUT2D eigenvalue weighted by Crippen LogP contribution is -2.41. The third-order valence-electron chi connectivity index (χ3n) is 3.08. The number of aryl methyl sites for hydroxylation is 1. The lowest BCUT2D eigenvalue weighted by Gasteiger charge is -2.26. The SMILES string of the molecule is Cc1oc(C(=O)O)cc1CNN1CCCCC1. The normalized spacial score (nSPS) is 17.2. The fraction of sp³-hybridized carbons (Fsp3) is 0.583. The Morgan fingerprint density at radius 2 is 2.18 bits per heavy atom. The first-order chi connectivity index (χ1) is 8.16. The van der Waals surface area contributed by atoms with Gasteiger partial charge in [0.15, 0.2) is 0 Å². The Hall–Kier alpha value is -1.33. The summed E-state index contributed by atoms with van der Waals surface area (Å²) in [6.45, 7) is 4.54. The van der Waals surface area contributed by atoms with Crippen molar-refractivity contribution in [2.45, 2.75) is 32.7 Å². The number of carbonyl (C=O) groups is 1. The van der Waals surface area contributed by atoms with Crippen molar-refractivity contribution in [3.63, 3.8) is 0 Å². The van der Waals surface area contributed by atoms with Gasteiger partial charge >= 0.3 is 5.97 Å². The van der Waals surface area contributed by atoms with Gasteiger partial charge in [0.1, 0.15) is 5.76 Å². The van der Waals surface area contributed by atoms with E-state index in [2.05, 4.69) is 10.4 Å². The summed E-state index contributed by atoms with van der Waals surface area (Å²) in [7, 11) is 0. The summed E-state index contributed by atoms with van der Waals surface area (Å²) in [5.74, 6) is -0.331. The van der Waals surface area contributed by atoms with Gasteiger partial charge in [-0.05, 0) is 25.8 Å². The van der Waals surface area contributed by atoms with Crippen molar-refractivity contribution in [1.82, 2.24) is 10.4 Å². The zero-order valence-electron chi connectivity index (χ0n) is 10.0. The van der Waals surface area contributed by atoms with Crippen molar-refractivity contribution in [2.24, 2.45) is 0 Å². The molecule has 1 aliphatic heterocycles. The Labute approximate surface area is 100 Å². The minimum Gasteiger partial charge on any atom is -0.475 e. The molecule has 0 aromatic carbocycles. The quantitative estimate of drug-likeness (QED) is 0.837. The van der Waals surface area contributed by atoms with E-state index in [1.165, 1.54) is 19.3 Å². The highest BCUT2D eigenvalue weighted by Crippen LogP contribution is 2.15. The average molecular weight is 238 g/mol. The number of rotatable bonds is 4. The second-order valence-electron chi connectivity index (χ2n) is 4.38. The van der Waals surface area contributed by atoms with Crippen molar-refractivity contribution in [3.8, 4) is 0 Å². The topological polar surface area (TPSA) is 65.7 Å². The monoisotopic (exact) mass is 238 g/mol. The molecule has 5 nitrogen and oxygen atoms in total. The highest BCUT2D eigenvalue weighted by molar-refractivity contribution is 5.84. The molecule has 1 fully saturated rings. The molecule has 1 saturated heterocycles. The Morgan fingerprint density at radius 3 is 2.76 bits per heavy atom. The van der Waals surface area contributed by atoms with Gasteiger partial charge in [0.2, 0.25) is 5.76 Å². The highest BCUT2D eigenvalue weighted by atomic mass is 16.4. The third kappa shape index (κ3) is 3.08. The molecule has 0 amide bonds. The number of hydrazine groups is 1. The number of carboxylic acid groups (broad SMARTS) is 1. The van der Waals surface area contributed by atoms with Crippen LogP contribution in [0.25, 0.3) is 0 Å². The van der Waals surface area contributed by atoms with E-state index in [1.54, 1.807) is 13.0 Å². The summed E-state index contributed by atoms with van der Waals surface area (Å²) in [6.07, 6.45) is 3.74. The van der Waals surface area contributed by atoms with E-state index >= 15 is 0 Å². The van der Waals surface area contributed by atoms with Crippen molar-refractivity contribution in [3.05, 3.63) is 23.2 Å². The molecular formula is C12H18N2O3. The number of hydrogen-bond acceptors (Lipinski definition) is 4. The summed E-state index contributed by atoms with van der Waals surface area (Å²) < 4.78 is 5.16. The van der Waals surface area contributed by atoms with E-state index < -0.39 is 5.97 Å². The number of furan rings is 1. The van der Waals surface area contributed by atoms with Gasteiger partial charge < -0.3 is 9.52 Å². The van der Waals surface area contributed by atoms with Crippen molar-refractivity contribution < 1.29 is 14.3 Å². The highest BCUT2D eigenvalue weighted by Gasteiger charge is 2.14. The van der Waals surface area contributed by atoms with Crippen molar-refractivity contribution >= 4 is 5.97 Å². The van der Waals surface area contributed by atoms with E-state index in [9.17, 15) is 4.79 Å². The maximum Gasteiger partial charge on any atom is 0.371 e. The van der Waals surface area contributed by atoms with Crippen LogP contribution in [0.4, 0.5) is 0 Å². The number of aromatic carboxylic acids is 1. The zero-order valence-corrected chi connectivity index (χ0v) is 10.0. The van der Waals surface area contributed by atoms with Gasteiger partial charge in [-0.3, -0.25) is 5.43 Å². The van der Waals surface area contributed by atoms with Crippen LogP contribution in [0.1, 0.15) is 41.1 Å². The van der Waals surface area contributed by atoms with Crippen LogP contribution in [0.15, 0.2) is 10.5 Å². The molecule has 0 bridgehead atoms. The second-order valence-corrected chi connectivity index (χ2v) is 4.38. The molecule has 2 rings (SSSR count). The molecule has 2 heterocycles. The smallest absolute Gasteiger partial charge is 0.371 e. The predicted molar refractivity (Wildman–Crippen MR) is 62.7 cm³/mol. The Bertz CT molecular complexity index is 394. The summed E-state index contributed by atoms with van der Waals surface area (Å²) in [6, 6.07) is 1.59. The summed E-state index contributed by atoms with van der Waals surface area (Å²) in [5.41, 5.74) is 4.22. The maximum absolute atomic E-state index is 10.7. The van der Waals surface area contributed by atoms with E-state index in [4.69, 9.17) is 9.52 Å². The molecule has 0 unspecified atom stereocenters. The van der Waals surface area contributed by atoms with Crippen LogP contribution >= 0.6 is 0 Å². The molecule has 0 atom stereocenters. The summed E-state index contributed by atoms with van der Waals surface area (Å²) in [5, 5.41) is 11.0. The van der Waals surface area contributed by atoms with Gasteiger partial charge in [-0.25, -0.2) is 9.80 Å². The number of piperidine rings is 1. The molecule has 1 aromatic rings. The molecular weight excluding hydrogens is 220 g/mol. The molecule has 0 spiro atoms. The van der Waals surface area contributed by atoms with E-state index in [0.717, 1.165) is 18.7 Å². The van der Waals surface area contributed by atoms with Crippen LogP contribution in [-0.2, 0) is 6.54 Å². The zero-order chi connectivity index (χ0) is 12.3. The fourth-order valence-electron chi connectivity index (χ4n) is 2.05. The minimum absolute atomic E-state index is 0.0120. The third-order valence-corrected chi connectivity index (χ3v) is 3.08. The first-order valence-electron chi connectivity index (χ1n) is 5.98. The summed E-state index contributed by atoms with van der Waals surface area (Å²) >= 11 is 0. The van der Waals surface area contributed by atoms with Crippen LogP contribution < -0.4 is 5.43 Å². The Morgan fingerprint density at radius 1 is 1.47 bits per heavy atom. The summed E-state index contributed by atoms with van der Waals surface area (Å²) in [4.78, 5) is 10.7. The van der Waals surface area contributed by atoms with Gasteiger partial charge in [-0.1, -0.05) is 6.42 Å². The number of nitrogens with one attached hydrogen (secondary N) is 1. The second kappa shape index (κ2) is 5.33. The van der Waals surface area contributed by atoms with Gasteiger partial charge in [0.05, 0.1) is 0 Å². The van der Waals surface area contributed by atoms with Crippen LogP contribution in [0.2, 0.25) is 0 Å².